The molecule has 2 aromatic carbocycles. The lowest BCUT2D eigenvalue weighted by Crippen LogP contribution is -2.29. The Morgan fingerprint density at radius 2 is 1.74 bits per heavy atom. The molecule has 31 heavy (non-hydrogen) atoms. The topological polar surface area (TPSA) is 67.2 Å². The van der Waals surface area contributed by atoms with Crippen LogP contribution in [0.1, 0.15) is 20.9 Å². The molecule has 1 amide bonds. The standard InChI is InChI=1S/C24H20N4O2S/c29-23-11-10-21(26-28(23)20-4-2-1-3-5-20)24(30)25-18-6-8-19(9-7-18)27-14-12-22-17(16-27)13-15-31-22/h1-11,13,15H,12,14,16H2,(H,25,30). The van der Waals surface area contributed by atoms with Crippen molar-refractivity contribution in [3.63, 3.8) is 0 Å². The zero-order valence-corrected chi connectivity index (χ0v) is 17.5. The van der Waals surface area contributed by atoms with Gasteiger partial charge in [0.1, 0.15) is 5.69 Å². The number of carbonyl (C=O) groups is 1. The van der Waals surface area contributed by atoms with Crippen LogP contribution in [0, 0.1) is 0 Å². The average molecular weight is 429 g/mol. The van der Waals surface area contributed by atoms with E-state index in [1.165, 1.54) is 27.3 Å². The maximum Gasteiger partial charge on any atom is 0.276 e. The molecule has 3 heterocycles. The molecule has 0 saturated carbocycles. The van der Waals surface area contributed by atoms with Gasteiger partial charge in [-0.05, 0) is 65.9 Å². The summed E-state index contributed by atoms with van der Waals surface area (Å²) in [5, 5.41) is 9.25. The van der Waals surface area contributed by atoms with Crippen molar-refractivity contribution < 1.29 is 4.79 Å². The summed E-state index contributed by atoms with van der Waals surface area (Å²) < 4.78 is 1.23. The number of anilines is 2. The first-order chi connectivity index (χ1) is 15.2. The summed E-state index contributed by atoms with van der Waals surface area (Å²) >= 11 is 1.83. The summed E-state index contributed by atoms with van der Waals surface area (Å²) in [4.78, 5) is 28.7. The maximum atomic E-state index is 12.7. The van der Waals surface area contributed by atoms with Gasteiger partial charge in [-0.2, -0.15) is 9.78 Å². The zero-order chi connectivity index (χ0) is 21.2. The van der Waals surface area contributed by atoms with Gasteiger partial charge in [0, 0.05) is 35.4 Å². The van der Waals surface area contributed by atoms with Gasteiger partial charge < -0.3 is 10.2 Å². The van der Waals surface area contributed by atoms with Gasteiger partial charge in [-0.1, -0.05) is 18.2 Å². The Hall–Kier alpha value is -3.71. The summed E-state index contributed by atoms with van der Waals surface area (Å²) in [6.45, 7) is 1.90. The molecular formula is C24H20N4O2S. The molecule has 0 unspecified atom stereocenters. The highest BCUT2D eigenvalue weighted by Gasteiger charge is 2.17. The van der Waals surface area contributed by atoms with Gasteiger partial charge in [0.05, 0.1) is 5.69 Å². The summed E-state index contributed by atoms with van der Waals surface area (Å²) in [6, 6.07) is 21.9. The van der Waals surface area contributed by atoms with Crippen LogP contribution < -0.4 is 15.8 Å². The molecule has 154 valence electrons. The van der Waals surface area contributed by atoms with E-state index in [0.717, 1.165) is 25.2 Å². The second kappa shape index (κ2) is 8.20. The number of para-hydroxylation sites is 1. The van der Waals surface area contributed by atoms with Crippen LogP contribution in [-0.2, 0) is 13.0 Å². The first-order valence-electron chi connectivity index (χ1n) is 10.0. The van der Waals surface area contributed by atoms with Crippen molar-refractivity contribution >= 4 is 28.6 Å². The zero-order valence-electron chi connectivity index (χ0n) is 16.7. The molecule has 0 spiro atoms. The molecule has 0 fully saturated rings. The smallest absolute Gasteiger partial charge is 0.276 e. The van der Waals surface area contributed by atoms with E-state index in [1.54, 1.807) is 12.1 Å². The van der Waals surface area contributed by atoms with Crippen molar-refractivity contribution in [3.8, 4) is 5.69 Å². The van der Waals surface area contributed by atoms with Crippen molar-refractivity contribution in [3.05, 3.63) is 105 Å². The highest BCUT2D eigenvalue weighted by molar-refractivity contribution is 7.10. The lowest BCUT2D eigenvalue weighted by atomic mass is 10.1. The normalized spacial score (nSPS) is 13.0. The van der Waals surface area contributed by atoms with Crippen LogP contribution in [0.4, 0.5) is 11.4 Å². The summed E-state index contributed by atoms with van der Waals surface area (Å²) in [5.41, 5.74) is 3.71. The molecule has 0 atom stereocenters. The summed E-state index contributed by atoms with van der Waals surface area (Å²) in [6.07, 6.45) is 1.06. The predicted molar refractivity (Wildman–Crippen MR) is 123 cm³/mol. The van der Waals surface area contributed by atoms with Crippen molar-refractivity contribution in [2.45, 2.75) is 13.0 Å². The summed E-state index contributed by atoms with van der Waals surface area (Å²) in [5.74, 6) is -0.363. The van der Waals surface area contributed by atoms with Gasteiger partial charge in [0.15, 0.2) is 0 Å². The third-order valence-corrected chi connectivity index (χ3v) is 6.35. The molecule has 0 aliphatic carbocycles. The van der Waals surface area contributed by atoms with Crippen LogP contribution in [0.25, 0.3) is 5.69 Å². The van der Waals surface area contributed by atoms with Crippen LogP contribution in [-0.4, -0.2) is 22.2 Å². The number of thiophene rings is 1. The number of hydrogen-bond donors (Lipinski definition) is 1. The Morgan fingerprint density at radius 3 is 2.55 bits per heavy atom. The quantitative estimate of drug-likeness (QED) is 0.531. The fourth-order valence-corrected chi connectivity index (χ4v) is 4.60. The second-order valence-corrected chi connectivity index (χ2v) is 8.35. The number of nitrogens with one attached hydrogen (secondary N) is 1. The van der Waals surface area contributed by atoms with Crippen molar-refractivity contribution in [1.29, 1.82) is 0 Å². The predicted octanol–water partition coefficient (Wildman–Crippen LogP) is 4.11. The molecule has 5 rings (SSSR count). The number of benzene rings is 2. The molecule has 6 nitrogen and oxygen atoms in total. The fraction of sp³-hybridized carbons (Fsp3) is 0.125. The second-order valence-electron chi connectivity index (χ2n) is 7.35. The molecule has 1 N–H and O–H groups in total. The van der Waals surface area contributed by atoms with E-state index < -0.39 is 0 Å². The molecule has 2 aromatic heterocycles. The highest BCUT2D eigenvalue weighted by atomic mass is 32.1. The SMILES string of the molecule is O=C(Nc1ccc(N2CCc3sccc3C2)cc1)c1ccc(=O)n(-c2ccccc2)n1. The first-order valence-corrected chi connectivity index (χ1v) is 10.9. The van der Waals surface area contributed by atoms with E-state index in [2.05, 4.69) is 26.8 Å². The van der Waals surface area contributed by atoms with Gasteiger partial charge in [0.2, 0.25) is 0 Å². The number of aromatic nitrogens is 2. The Labute approximate surface area is 183 Å². The van der Waals surface area contributed by atoms with Gasteiger partial charge >= 0.3 is 0 Å². The van der Waals surface area contributed by atoms with Crippen molar-refractivity contribution in [2.75, 3.05) is 16.8 Å². The number of amides is 1. The largest absolute Gasteiger partial charge is 0.367 e. The van der Waals surface area contributed by atoms with E-state index in [9.17, 15) is 9.59 Å². The molecule has 0 saturated heterocycles. The van der Waals surface area contributed by atoms with Gasteiger partial charge in [-0.3, -0.25) is 9.59 Å². The average Bonchev–Trinajstić information content (AvgIpc) is 3.28. The van der Waals surface area contributed by atoms with Crippen LogP contribution in [0.15, 0.2) is 83.0 Å². The Morgan fingerprint density at radius 1 is 0.935 bits per heavy atom. The minimum absolute atomic E-state index is 0.175. The Bertz CT molecular complexity index is 1280. The van der Waals surface area contributed by atoms with E-state index in [0.29, 0.717) is 11.4 Å². The van der Waals surface area contributed by atoms with Crippen LogP contribution >= 0.6 is 11.3 Å². The van der Waals surface area contributed by atoms with Gasteiger partial charge in [-0.15, -0.1) is 11.3 Å². The Balaban J connectivity index is 1.31. The molecule has 0 radical (unpaired) electrons. The van der Waals surface area contributed by atoms with Crippen LogP contribution in [0.3, 0.4) is 0 Å². The molecule has 1 aliphatic heterocycles. The minimum atomic E-state index is -0.363. The Kier molecular flexibility index (Phi) is 5.09. The number of carbonyl (C=O) groups excluding carboxylic acids is 1. The van der Waals surface area contributed by atoms with E-state index >= 15 is 0 Å². The van der Waals surface area contributed by atoms with Crippen LogP contribution in [0.2, 0.25) is 0 Å². The van der Waals surface area contributed by atoms with Crippen molar-refractivity contribution in [1.82, 2.24) is 9.78 Å². The lowest BCUT2D eigenvalue weighted by Gasteiger charge is -2.29. The van der Waals surface area contributed by atoms with Crippen molar-refractivity contribution in [2.24, 2.45) is 0 Å². The molecule has 0 bridgehead atoms. The lowest BCUT2D eigenvalue weighted by molar-refractivity contribution is 0.102. The number of hydrogen-bond acceptors (Lipinski definition) is 5. The van der Waals surface area contributed by atoms with Gasteiger partial charge in [-0.25, -0.2) is 0 Å². The van der Waals surface area contributed by atoms with E-state index in [-0.39, 0.29) is 17.2 Å². The molecular weight excluding hydrogens is 408 g/mol. The molecule has 7 heteroatoms. The molecule has 4 aromatic rings. The monoisotopic (exact) mass is 428 g/mol. The van der Waals surface area contributed by atoms with E-state index in [1.807, 2.05) is 53.8 Å². The number of rotatable bonds is 4. The first kappa shape index (κ1) is 19.3. The van der Waals surface area contributed by atoms with Crippen LogP contribution in [0.5, 0.6) is 0 Å². The number of nitrogens with zero attached hydrogens (tertiary/aromatic N) is 3. The maximum absolute atomic E-state index is 12.7. The fourth-order valence-electron chi connectivity index (χ4n) is 3.71. The summed E-state index contributed by atoms with van der Waals surface area (Å²) in [7, 11) is 0. The highest BCUT2D eigenvalue weighted by Crippen LogP contribution is 2.28. The third-order valence-electron chi connectivity index (χ3n) is 5.33. The molecule has 1 aliphatic rings. The van der Waals surface area contributed by atoms with E-state index in [4.69, 9.17) is 0 Å². The minimum Gasteiger partial charge on any atom is -0.367 e. The van der Waals surface area contributed by atoms with Gasteiger partial charge in [0.25, 0.3) is 11.5 Å². The number of fused-ring (bicyclic) bond motifs is 1. The third kappa shape index (κ3) is 4.00.